The normalized spacial score (nSPS) is 11.4. The topological polar surface area (TPSA) is 72.0 Å². The Morgan fingerprint density at radius 2 is 2.04 bits per heavy atom. The minimum Gasteiger partial charge on any atom is -0.331 e. The van der Waals surface area contributed by atoms with Crippen LogP contribution in [0.2, 0.25) is 0 Å². The summed E-state index contributed by atoms with van der Waals surface area (Å²) in [7, 11) is -3.23. The number of anilines is 2. The Kier molecular flexibility index (Phi) is 4.14. The Morgan fingerprint density at radius 1 is 1.22 bits per heavy atom. The lowest BCUT2D eigenvalue weighted by Gasteiger charge is -2.04. The molecule has 0 spiro atoms. The highest BCUT2D eigenvalue weighted by Gasteiger charge is 2.09. The van der Waals surface area contributed by atoms with E-state index >= 15 is 0 Å². The molecule has 2 heterocycles. The minimum absolute atomic E-state index is 0.271. The number of nitrogens with one attached hydrogen (secondary N) is 1. The molecule has 23 heavy (non-hydrogen) atoms. The highest BCUT2D eigenvalue weighted by atomic mass is 32.2. The predicted octanol–water partition coefficient (Wildman–Crippen LogP) is 3.46. The number of hydrogen-bond acceptors (Lipinski definition) is 6. The van der Waals surface area contributed by atoms with Gasteiger partial charge in [0.15, 0.2) is 15.0 Å². The van der Waals surface area contributed by atoms with Crippen molar-refractivity contribution < 1.29 is 8.42 Å². The van der Waals surface area contributed by atoms with Gasteiger partial charge in [0.2, 0.25) is 0 Å². The molecule has 1 aromatic carbocycles. The number of benzene rings is 1. The van der Waals surface area contributed by atoms with Gasteiger partial charge in [0.1, 0.15) is 0 Å². The second kappa shape index (κ2) is 6.10. The van der Waals surface area contributed by atoms with E-state index in [4.69, 9.17) is 0 Å². The first-order valence-corrected chi connectivity index (χ1v) is 9.51. The average molecular weight is 344 g/mol. The van der Waals surface area contributed by atoms with E-state index in [2.05, 4.69) is 21.4 Å². The van der Waals surface area contributed by atoms with Crippen LogP contribution in [0.4, 0.5) is 10.8 Å². The van der Waals surface area contributed by atoms with Gasteiger partial charge in [0, 0.05) is 30.4 Å². The molecule has 0 saturated heterocycles. The third-order valence-corrected chi connectivity index (χ3v) is 5.13. The van der Waals surface area contributed by atoms with Crippen LogP contribution in [0.25, 0.3) is 10.6 Å². The molecule has 3 aromatic rings. The lowest BCUT2D eigenvalue weighted by Crippen LogP contribution is -1.98. The highest BCUT2D eigenvalue weighted by molar-refractivity contribution is 7.90. The van der Waals surface area contributed by atoms with Crippen LogP contribution in [-0.4, -0.2) is 24.6 Å². The fourth-order valence-corrected chi connectivity index (χ4v) is 3.43. The largest absolute Gasteiger partial charge is 0.331 e. The van der Waals surface area contributed by atoms with E-state index in [1.54, 1.807) is 36.7 Å². The Bertz CT molecular complexity index is 949. The van der Waals surface area contributed by atoms with Gasteiger partial charge >= 0.3 is 0 Å². The molecule has 0 aliphatic rings. The van der Waals surface area contributed by atoms with E-state index in [1.807, 2.05) is 13.0 Å². The number of aromatic nitrogens is 2. The van der Waals surface area contributed by atoms with E-state index in [9.17, 15) is 8.42 Å². The summed E-state index contributed by atoms with van der Waals surface area (Å²) in [5, 5.41) is 3.79. The van der Waals surface area contributed by atoms with Crippen molar-refractivity contribution in [1.82, 2.24) is 9.97 Å². The standard InChI is InChI=1S/C16H14N3O2S2/c1-11-6-7-17-14(8-11)15-10-18-16(22-15)19-12-4-3-5-13(9-12)23(2,20)21/h3-7,9-10H,1-2H3,(H,18,19). The maximum atomic E-state index is 11.6. The Labute approximate surface area is 139 Å². The molecule has 1 radical (unpaired) electrons. The molecule has 0 bridgehead atoms. The van der Waals surface area contributed by atoms with Crippen molar-refractivity contribution in [3.8, 4) is 10.6 Å². The van der Waals surface area contributed by atoms with Gasteiger partial charge in [0.05, 0.1) is 15.5 Å². The zero-order chi connectivity index (χ0) is 16.4. The van der Waals surface area contributed by atoms with Crippen LogP contribution in [0.3, 0.4) is 0 Å². The van der Waals surface area contributed by atoms with E-state index in [-0.39, 0.29) is 4.90 Å². The van der Waals surface area contributed by atoms with Crippen LogP contribution in [0.1, 0.15) is 5.56 Å². The van der Waals surface area contributed by atoms with Gasteiger partial charge in [-0.15, -0.1) is 0 Å². The summed E-state index contributed by atoms with van der Waals surface area (Å²) < 4.78 is 23.2. The number of pyridine rings is 1. The lowest BCUT2D eigenvalue weighted by atomic mass is 10.2. The molecular formula is C16H14N3O2S2. The molecule has 0 fully saturated rings. The Morgan fingerprint density at radius 3 is 2.78 bits per heavy atom. The first-order chi connectivity index (χ1) is 10.9. The van der Waals surface area contributed by atoms with E-state index in [1.165, 1.54) is 17.6 Å². The lowest BCUT2D eigenvalue weighted by molar-refractivity contribution is 0.602. The first kappa shape index (κ1) is 15.6. The number of thiazole rings is 1. The van der Waals surface area contributed by atoms with Gasteiger partial charge in [0.25, 0.3) is 0 Å². The summed E-state index contributed by atoms with van der Waals surface area (Å²) in [4.78, 5) is 9.76. The smallest absolute Gasteiger partial charge is 0.187 e. The summed E-state index contributed by atoms with van der Waals surface area (Å²) in [6, 6.07) is 11.7. The van der Waals surface area contributed by atoms with Crippen molar-refractivity contribution in [2.75, 3.05) is 11.6 Å². The molecule has 2 aromatic heterocycles. The molecule has 5 nitrogen and oxygen atoms in total. The van der Waals surface area contributed by atoms with Crippen molar-refractivity contribution in [1.29, 1.82) is 0 Å². The molecule has 0 aliphatic heterocycles. The van der Waals surface area contributed by atoms with E-state index in [0.717, 1.165) is 16.1 Å². The van der Waals surface area contributed by atoms with E-state index in [0.29, 0.717) is 10.8 Å². The van der Waals surface area contributed by atoms with Crippen LogP contribution in [-0.2, 0) is 9.84 Å². The summed E-state index contributed by atoms with van der Waals surface area (Å²) in [5.41, 5.74) is 2.44. The number of sulfone groups is 1. The third kappa shape index (κ3) is 3.75. The zero-order valence-electron chi connectivity index (χ0n) is 12.6. The third-order valence-electron chi connectivity index (χ3n) is 3.10. The maximum absolute atomic E-state index is 11.6. The van der Waals surface area contributed by atoms with Crippen LogP contribution in [0.15, 0.2) is 47.6 Å². The average Bonchev–Trinajstić information content (AvgIpc) is 2.95. The van der Waals surface area contributed by atoms with Crippen molar-refractivity contribution in [2.24, 2.45) is 0 Å². The van der Waals surface area contributed by atoms with Gasteiger partial charge in [-0.3, -0.25) is 4.98 Å². The van der Waals surface area contributed by atoms with Crippen molar-refractivity contribution in [3.05, 3.63) is 54.4 Å². The van der Waals surface area contributed by atoms with Gasteiger partial charge < -0.3 is 5.32 Å². The molecule has 1 N–H and O–H groups in total. The van der Waals surface area contributed by atoms with Crippen LogP contribution in [0, 0.1) is 13.0 Å². The molecular weight excluding hydrogens is 330 g/mol. The van der Waals surface area contributed by atoms with Crippen molar-refractivity contribution >= 4 is 32.0 Å². The highest BCUT2D eigenvalue weighted by Crippen LogP contribution is 2.30. The molecule has 0 aliphatic carbocycles. The van der Waals surface area contributed by atoms with Crippen LogP contribution < -0.4 is 5.32 Å². The first-order valence-electron chi connectivity index (χ1n) is 6.80. The number of hydrogen-bond donors (Lipinski definition) is 1. The number of nitrogens with zero attached hydrogens (tertiary/aromatic N) is 2. The number of rotatable bonds is 4. The second-order valence-corrected chi connectivity index (χ2v) is 8.10. The molecule has 7 heteroatoms. The fraction of sp³-hybridized carbons (Fsp3) is 0.125. The van der Waals surface area contributed by atoms with Gasteiger partial charge in [-0.25, -0.2) is 13.4 Å². The number of aryl methyl sites for hydroxylation is 1. The van der Waals surface area contributed by atoms with Gasteiger partial charge in [-0.2, -0.15) is 0 Å². The molecule has 0 amide bonds. The zero-order valence-corrected chi connectivity index (χ0v) is 14.2. The maximum Gasteiger partial charge on any atom is 0.187 e. The van der Waals surface area contributed by atoms with Crippen LogP contribution >= 0.6 is 11.3 Å². The Hall–Kier alpha value is -2.25. The monoisotopic (exact) mass is 344 g/mol. The van der Waals surface area contributed by atoms with Crippen LogP contribution in [0.5, 0.6) is 0 Å². The SMILES string of the molecule is Cc1[c]c(-c2cnc(Nc3cccc(S(C)(=O)=O)c3)s2)ncc1. The summed E-state index contributed by atoms with van der Waals surface area (Å²) >= 11 is 1.44. The summed E-state index contributed by atoms with van der Waals surface area (Å²) in [5.74, 6) is 0. The molecule has 117 valence electrons. The summed E-state index contributed by atoms with van der Waals surface area (Å²) in [6.45, 7) is 1.96. The molecule has 0 saturated carbocycles. The quantitative estimate of drug-likeness (QED) is 0.785. The van der Waals surface area contributed by atoms with Gasteiger partial charge in [-0.1, -0.05) is 17.4 Å². The predicted molar refractivity (Wildman–Crippen MR) is 91.8 cm³/mol. The van der Waals surface area contributed by atoms with Gasteiger partial charge in [-0.05, 0) is 36.8 Å². The fourth-order valence-electron chi connectivity index (χ4n) is 1.98. The Balaban J connectivity index is 1.85. The second-order valence-electron chi connectivity index (χ2n) is 5.06. The minimum atomic E-state index is -3.23. The van der Waals surface area contributed by atoms with E-state index < -0.39 is 9.84 Å². The van der Waals surface area contributed by atoms with Crippen molar-refractivity contribution in [3.63, 3.8) is 0 Å². The summed E-state index contributed by atoms with van der Waals surface area (Å²) in [6.07, 6.45) is 4.65. The molecule has 3 rings (SSSR count). The molecule has 0 atom stereocenters. The molecule has 0 unspecified atom stereocenters. The van der Waals surface area contributed by atoms with Crippen molar-refractivity contribution in [2.45, 2.75) is 11.8 Å².